The van der Waals surface area contributed by atoms with E-state index in [1.165, 1.54) is 0 Å². The number of rotatable bonds is 4. The Hall–Kier alpha value is -4.01. The smallest absolute Gasteiger partial charge is 0.258 e. The van der Waals surface area contributed by atoms with Gasteiger partial charge in [0.15, 0.2) is 17.3 Å². The third kappa shape index (κ3) is 2.69. The summed E-state index contributed by atoms with van der Waals surface area (Å²) in [6.07, 6.45) is 3.63. The Kier molecular flexibility index (Phi) is 3.64. The molecule has 9 heteroatoms. The largest absolute Gasteiger partial charge is 0.361 e. The van der Waals surface area contributed by atoms with Crippen LogP contribution in [-0.2, 0) is 6.54 Å². The zero-order valence-electron chi connectivity index (χ0n) is 14.9. The molecule has 5 rings (SSSR count). The lowest BCUT2D eigenvalue weighted by molar-refractivity contribution is 0.0951. The minimum Gasteiger partial charge on any atom is -0.361 e. The number of hydrogen-bond acceptors (Lipinski definition) is 6. The van der Waals surface area contributed by atoms with Crippen LogP contribution < -0.4 is 5.32 Å². The number of aromatic nitrogens is 6. The van der Waals surface area contributed by atoms with E-state index in [1.807, 2.05) is 47.1 Å². The highest BCUT2D eigenvalue weighted by molar-refractivity contribution is 6.06. The number of aromatic amines is 1. The van der Waals surface area contributed by atoms with Gasteiger partial charge in [0, 0.05) is 34.4 Å². The fraction of sp³-hybridized carbons (Fsp3) is 0.105. The van der Waals surface area contributed by atoms with E-state index >= 15 is 0 Å². The molecule has 0 bridgehead atoms. The van der Waals surface area contributed by atoms with Crippen LogP contribution in [0.4, 0.5) is 0 Å². The Labute approximate surface area is 158 Å². The predicted octanol–water partition coefficient (Wildman–Crippen LogP) is 2.50. The molecule has 1 amide bonds. The summed E-state index contributed by atoms with van der Waals surface area (Å²) in [5.41, 5.74) is 2.92. The van der Waals surface area contributed by atoms with Gasteiger partial charge in [0.05, 0.1) is 6.54 Å². The first kappa shape index (κ1) is 16.2. The maximum absolute atomic E-state index is 12.6. The molecule has 2 N–H and O–H groups in total. The van der Waals surface area contributed by atoms with Crippen LogP contribution >= 0.6 is 0 Å². The number of nitrogens with zero attached hydrogens (tertiary/aromatic N) is 5. The highest BCUT2D eigenvalue weighted by atomic mass is 16.5. The molecule has 0 radical (unpaired) electrons. The van der Waals surface area contributed by atoms with Gasteiger partial charge in [-0.2, -0.15) is 4.98 Å². The molecule has 0 saturated carbocycles. The fourth-order valence-corrected chi connectivity index (χ4v) is 3.15. The molecule has 1 aromatic carbocycles. The van der Waals surface area contributed by atoms with Gasteiger partial charge in [-0.15, -0.1) is 10.2 Å². The number of pyridine rings is 1. The number of aryl methyl sites for hydroxylation is 1. The van der Waals surface area contributed by atoms with Gasteiger partial charge in [0.1, 0.15) is 0 Å². The van der Waals surface area contributed by atoms with E-state index in [4.69, 9.17) is 4.52 Å². The summed E-state index contributed by atoms with van der Waals surface area (Å²) in [5.74, 6) is 1.45. The van der Waals surface area contributed by atoms with Crippen LogP contribution in [0.3, 0.4) is 0 Å². The van der Waals surface area contributed by atoms with Crippen LogP contribution in [0.1, 0.15) is 22.0 Å². The van der Waals surface area contributed by atoms with Gasteiger partial charge in [0.25, 0.3) is 11.8 Å². The number of carbonyl (C=O) groups is 1. The summed E-state index contributed by atoms with van der Waals surface area (Å²) in [7, 11) is 0. The molecule has 4 aromatic heterocycles. The molecule has 5 aromatic rings. The van der Waals surface area contributed by atoms with Crippen LogP contribution in [0.15, 0.2) is 53.3 Å². The number of benzene rings is 1. The van der Waals surface area contributed by atoms with Crippen molar-refractivity contribution in [3.63, 3.8) is 0 Å². The molecular weight excluding hydrogens is 358 g/mol. The van der Waals surface area contributed by atoms with Gasteiger partial charge in [0.2, 0.25) is 0 Å². The Morgan fingerprint density at radius 1 is 1.25 bits per heavy atom. The second-order valence-corrected chi connectivity index (χ2v) is 6.33. The molecule has 9 nitrogen and oxygen atoms in total. The highest BCUT2D eigenvalue weighted by Gasteiger charge is 2.14. The van der Waals surface area contributed by atoms with Crippen molar-refractivity contribution in [2.75, 3.05) is 0 Å². The van der Waals surface area contributed by atoms with E-state index in [2.05, 4.69) is 30.6 Å². The zero-order valence-corrected chi connectivity index (χ0v) is 14.9. The first-order chi connectivity index (χ1) is 13.7. The van der Waals surface area contributed by atoms with E-state index in [1.54, 1.807) is 13.0 Å². The van der Waals surface area contributed by atoms with Crippen molar-refractivity contribution in [3.8, 4) is 11.5 Å². The molecule has 0 spiro atoms. The van der Waals surface area contributed by atoms with Gasteiger partial charge >= 0.3 is 0 Å². The van der Waals surface area contributed by atoms with Crippen LogP contribution in [0.5, 0.6) is 0 Å². The van der Waals surface area contributed by atoms with Crippen LogP contribution in [0.2, 0.25) is 0 Å². The van der Waals surface area contributed by atoms with E-state index in [0.717, 1.165) is 16.5 Å². The van der Waals surface area contributed by atoms with Crippen molar-refractivity contribution >= 4 is 22.5 Å². The highest BCUT2D eigenvalue weighted by Crippen LogP contribution is 2.19. The molecule has 28 heavy (non-hydrogen) atoms. The van der Waals surface area contributed by atoms with E-state index in [-0.39, 0.29) is 12.5 Å². The van der Waals surface area contributed by atoms with Gasteiger partial charge in [-0.25, -0.2) is 0 Å². The molecule has 138 valence electrons. The number of H-pyrrole nitrogens is 1. The van der Waals surface area contributed by atoms with Crippen molar-refractivity contribution in [1.29, 1.82) is 0 Å². The van der Waals surface area contributed by atoms with Crippen LogP contribution in [0, 0.1) is 6.92 Å². The number of hydrogen-bond donors (Lipinski definition) is 2. The second kappa shape index (κ2) is 6.31. The molecule has 0 aliphatic heterocycles. The van der Waals surface area contributed by atoms with Gasteiger partial charge < -0.3 is 14.8 Å². The third-order valence-corrected chi connectivity index (χ3v) is 4.50. The molecule has 0 unspecified atom stereocenters. The lowest BCUT2D eigenvalue weighted by Gasteiger charge is -2.06. The van der Waals surface area contributed by atoms with Crippen molar-refractivity contribution in [3.05, 3.63) is 66.0 Å². The monoisotopic (exact) mass is 373 g/mol. The Balaban J connectivity index is 1.38. The zero-order chi connectivity index (χ0) is 19.1. The van der Waals surface area contributed by atoms with Gasteiger partial charge in [-0.05, 0) is 37.3 Å². The standard InChI is InChI=1S/C19H15N7O2/c1-11-22-19(28-25-11)12-6-8-26-16(9-12)23-24-17(26)10-21-18(27)14-3-2-4-15-13(14)5-7-20-15/h2-9,20H,10H2,1H3,(H,21,27). The van der Waals surface area contributed by atoms with Crippen LogP contribution in [0.25, 0.3) is 28.0 Å². The average Bonchev–Trinajstić information content (AvgIpc) is 3.44. The number of fused-ring (bicyclic) bond motifs is 2. The minimum absolute atomic E-state index is 0.167. The predicted molar refractivity (Wildman–Crippen MR) is 100 cm³/mol. The molecular formula is C19H15N7O2. The quantitative estimate of drug-likeness (QED) is 0.500. The van der Waals surface area contributed by atoms with Gasteiger partial charge in [-0.1, -0.05) is 11.2 Å². The summed E-state index contributed by atoms with van der Waals surface area (Å²) in [5, 5.41) is 15.9. The van der Waals surface area contributed by atoms with Crippen molar-refractivity contribution in [1.82, 2.24) is 35.0 Å². The molecule has 0 saturated heterocycles. The van der Waals surface area contributed by atoms with E-state index < -0.39 is 0 Å². The molecule has 4 heterocycles. The molecule has 0 fully saturated rings. The molecule has 0 atom stereocenters. The maximum Gasteiger partial charge on any atom is 0.258 e. The summed E-state index contributed by atoms with van der Waals surface area (Å²) in [4.78, 5) is 19.9. The van der Waals surface area contributed by atoms with Crippen molar-refractivity contribution < 1.29 is 9.32 Å². The normalized spacial score (nSPS) is 11.3. The Morgan fingerprint density at radius 2 is 2.18 bits per heavy atom. The SMILES string of the molecule is Cc1noc(-c2ccn3c(CNC(=O)c4cccc5[nH]ccc45)nnc3c2)n1. The first-order valence-corrected chi connectivity index (χ1v) is 8.68. The van der Waals surface area contributed by atoms with Crippen LogP contribution in [-0.4, -0.2) is 35.6 Å². The molecule has 0 aliphatic rings. The lowest BCUT2D eigenvalue weighted by Crippen LogP contribution is -2.24. The number of amides is 1. The van der Waals surface area contributed by atoms with Crippen molar-refractivity contribution in [2.24, 2.45) is 0 Å². The average molecular weight is 373 g/mol. The minimum atomic E-state index is -0.167. The third-order valence-electron chi connectivity index (χ3n) is 4.50. The van der Waals surface area contributed by atoms with E-state index in [9.17, 15) is 4.79 Å². The number of nitrogens with one attached hydrogen (secondary N) is 2. The summed E-state index contributed by atoms with van der Waals surface area (Å²) >= 11 is 0. The van der Waals surface area contributed by atoms with E-state index in [0.29, 0.717) is 28.8 Å². The maximum atomic E-state index is 12.6. The second-order valence-electron chi connectivity index (χ2n) is 6.33. The summed E-state index contributed by atoms with van der Waals surface area (Å²) in [6, 6.07) is 11.1. The lowest BCUT2D eigenvalue weighted by atomic mass is 10.1. The number of carbonyl (C=O) groups excluding carboxylic acids is 1. The summed E-state index contributed by atoms with van der Waals surface area (Å²) < 4.78 is 6.99. The first-order valence-electron chi connectivity index (χ1n) is 8.68. The topological polar surface area (TPSA) is 114 Å². The Morgan fingerprint density at radius 3 is 3.04 bits per heavy atom. The Bertz CT molecular complexity index is 1310. The molecule has 0 aliphatic carbocycles. The fourth-order valence-electron chi connectivity index (χ4n) is 3.15. The van der Waals surface area contributed by atoms with Crippen molar-refractivity contribution in [2.45, 2.75) is 13.5 Å². The summed E-state index contributed by atoms with van der Waals surface area (Å²) in [6.45, 7) is 2.01. The van der Waals surface area contributed by atoms with Gasteiger partial charge in [-0.3, -0.25) is 9.20 Å².